The molecule has 0 unspecified atom stereocenters. The lowest BCUT2D eigenvalue weighted by Gasteiger charge is -2.07. The highest BCUT2D eigenvalue weighted by atomic mass is 15.5. The second-order valence-electron chi connectivity index (χ2n) is 4.01. The van der Waals surface area contributed by atoms with Gasteiger partial charge in [0.1, 0.15) is 6.33 Å². The molecule has 0 bridgehead atoms. The summed E-state index contributed by atoms with van der Waals surface area (Å²) >= 11 is 0. The molecule has 0 aliphatic heterocycles. The van der Waals surface area contributed by atoms with E-state index in [0.717, 1.165) is 17.1 Å². The van der Waals surface area contributed by atoms with Crippen molar-refractivity contribution < 1.29 is 0 Å². The van der Waals surface area contributed by atoms with Gasteiger partial charge in [0, 0.05) is 12.7 Å². The van der Waals surface area contributed by atoms with Crippen LogP contribution in [0, 0.1) is 0 Å². The molecule has 1 N–H and O–H groups in total. The monoisotopic (exact) mass is 256 g/mol. The summed E-state index contributed by atoms with van der Waals surface area (Å²) in [7, 11) is 1.86. The molecule has 8 heteroatoms. The number of nitrogens with zero attached hydrogens (tertiary/aromatic N) is 7. The SMILES string of the molecule is Cn1nncc1CNc1cccc(-n2cnnn2)c1. The molecule has 8 nitrogen and oxygen atoms in total. The molecule has 96 valence electrons. The lowest BCUT2D eigenvalue weighted by Crippen LogP contribution is -2.06. The Morgan fingerprint density at radius 1 is 1.21 bits per heavy atom. The predicted molar refractivity (Wildman–Crippen MR) is 67.5 cm³/mol. The summed E-state index contributed by atoms with van der Waals surface area (Å²) in [5, 5.41) is 22.1. The summed E-state index contributed by atoms with van der Waals surface area (Å²) in [5.41, 5.74) is 2.89. The van der Waals surface area contributed by atoms with Gasteiger partial charge in [0.2, 0.25) is 0 Å². The van der Waals surface area contributed by atoms with Gasteiger partial charge < -0.3 is 5.32 Å². The van der Waals surface area contributed by atoms with Gasteiger partial charge in [0.05, 0.1) is 24.1 Å². The molecule has 0 aliphatic rings. The number of aromatic nitrogens is 7. The number of anilines is 1. The van der Waals surface area contributed by atoms with E-state index in [2.05, 4.69) is 31.2 Å². The largest absolute Gasteiger partial charge is 0.379 e. The normalized spacial score (nSPS) is 10.6. The molecule has 0 amide bonds. The van der Waals surface area contributed by atoms with Gasteiger partial charge in [-0.2, -0.15) is 0 Å². The van der Waals surface area contributed by atoms with Gasteiger partial charge in [-0.3, -0.25) is 4.68 Å². The van der Waals surface area contributed by atoms with E-state index >= 15 is 0 Å². The van der Waals surface area contributed by atoms with E-state index in [4.69, 9.17) is 0 Å². The number of aryl methyl sites for hydroxylation is 1. The Hall–Kier alpha value is -2.77. The van der Waals surface area contributed by atoms with Crippen molar-refractivity contribution in [3.63, 3.8) is 0 Å². The Kier molecular flexibility index (Phi) is 2.89. The van der Waals surface area contributed by atoms with Crippen molar-refractivity contribution in [3.05, 3.63) is 42.5 Å². The van der Waals surface area contributed by atoms with Crippen LogP contribution < -0.4 is 5.32 Å². The third-order valence-corrected chi connectivity index (χ3v) is 2.74. The van der Waals surface area contributed by atoms with E-state index in [1.165, 1.54) is 0 Å². The van der Waals surface area contributed by atoms with Crippen LogP contribution in [0.3, 0.4) is 0 Å². The molecule has 0 spiro atoms. The van der Waals surface area contributed by atoms with E-state index in [0.29, 0.717) is 6.54 Å². The van der Waals surface area contributed by atoms with E-state index in [1.54, 1.807) is 21.9 Å². The number of hydrogen-bond acceptors (Lipinski definition) is 6. The summed E-state index contributed by atoms with van der Waals surface area (Å²) in [6, 6.07) is 7.84. The Morgan fingerprint density at radius 2 is 2.16 bits per heavy atom. The standard InChI is InChI=1S/C11H12N8/c1-18-11(7-13-16-18)6-12-9-3-2-4-10(5-9)19-8-14-15-17-19/h2-5,7-8,12H,6H2,1H3. The first-order valence-corrected chi connectivity index (χ1v) is 5.74. The second-order valence-corrected chi connectivity index (χ2v) is 4.01. The maximum atomic E-state index is 3.88. The average molecular weight is 256 g/mol. The lowest BCUT2D eigenvalue weighted by molar-refractivity contribution is 0.683. The summed E-state index contributed by atoms with van der Waals surface area (Å²) in [6.07, 6.45) is 3.29. The second kappa shape index (κ2) is 4.84. The summed E-state index contributed by atoms with van der Waals surface area (Å²) in [5.74, 6) is 0. The zero-order chi connectivity index (χ0) is 13.1. The maximum Gasteiger partial charge on any atom is 0.143 e. The first kappa shape index (κ1) is 11.3. The van der Waals surface area contributed by atoms with Crippen molar-refractivity contribution >= 4 is 5.69 Å². The topological polar surface area (TPSA) is 86.3 Å². The zero-order valence-electron chi connectivity index (χ0n) is 10.3. The average Bonchev–Trinajstić information content (AvgIpc) is 3.08. The van der Waals surface area contributed by atoms with Gasteiger partial charge in [-0.15, -0.1) is 10.2 Å². The van der Waals surface area contributed by atoms with Crippen LogP contribution in [0.2, 0.25) is 0 Å². The highest BCUT2D eigenvalue weighted by Gasteiger charge is 2.02. The quantitative estimate of drug-likeness (QED) is 0.727. The highest BCUT2D eigenvalue weighted by Crippen LogP contribution is 2.14. The van der Waals surface area contributed by atoms with Gasteiger partial charge >= 0.3 is 0 Å². The van der Waals surface area contributed by atoms with E-state index in [1.807, 2.05) is 31.3 Å². The lowest BCUT2D eigenvalue weighted by atomic mass is 10.2. The van der Waals surface area contributed by atoms with Crippen LogP contribution in [0.5, 0.6) is 0 Å². The minimum absolute atomic E-state index is 0.655. The van der Waals surface area contributed by atoms with Crippen LogP contribution >= 0.6 is 0 Å². The van der Waals surface area contributed by atoms with Crippen molar-refractivity contribution in [2.24, 2.45) is 7.05 Å². The Morgan fingerprint density at radius 3 is 2.89 bits per heavy atom. The first-order valence-electron chi connectivity index (χ1n) is 5.74. The number of benzene rings is 1. The molecular formula is C11H12N8. The van der Waals surface area contributed by atoms with Gasteiger partial charge in [-0.05, 0) is 28.6 Å². The van der Waals surface area contributed by atoms with E-state index in [9.17, 15) is 0 Å². The fourth-order valence-electron chi connectivity index (χ4n) is 1.70. The summed E-state index contributed by atoms with van der Waals surface area (Å²) in [6.45, 7) is 0.655. The third-order valence-electron chi connectivity index (χ3n) is 2.74. The minimum atomic E-state index is 0.655. The molecule has 19 heavy (non-hydrogen) atoms. The molecule has 0 fully saturated rings. The molecule has 1 aromatic carbocycles. The fourth-order valence-corrected chi connectivity index (χ4v) is 1.70. The van der Waals surface area contributed by atoms with Gasteiger partial charge in [0.15, 0.2) is 0 Å². The molecule has 0 aliphatic carbocycles. The van der Waals surface area contributed by atoms with E-state index in [-0.39, 0.29) is 0 Å². The van der Waals surface area contributed by atoms with Crippen molar-refractivity contribution in [3.8, 4) is 5.69 Å². The molecule has 2 heterocycles. The minimum Gasteiger partial charge on any atom is -0.379 e. The zero-order valence-corrected chi connectivity index (χ0v) is 10.3. The molecule has 0 saturated heterocycles. The molecule has 2 aromatic heterocycles. The Labute approximate surface area is 109 Å². The molecular weight excluding hydrogens is 244 g/mol. The van der Waals surface area contributed by atoms with Crippen LogP contribution in [0.1, 0.15) is 5.69 Å². The smallest absolute Gasteiger partial charge is 0.143 e. The summed E-state index contributed by atoms with van der Waals surface area (Å²) in [4.78, 5) is 0. The van der Waals surface area contributed by atoms with Crippen LogP contribution in [-0.2, 0) is 13.6 Å². The highest BCUT2D eigenvalue weighted by molar-refractivity contribution is 5.50. The van der Waals surface area contributed by atoms with Gasteiger partial charge in [0.25, 0.3) is 0 Å². The molecule has 3 aromatic rings. The van der Waals surface area contributed by atoms with E-state index < -0.39 is 0 Å². The van der Waals surface area contributed by atoms with Crippen molar-refractivity contribution in [1.29, 1.82) is 0 Å². The number of hydrogen-bond donors (Lipinski definition) is 1. The molecule has 3 rings (SSSR count). The van der Waals surface area contributed by atoms with Crippen LogP contribution in [-0.4, -0.2) is 35.2 Å². The summed E-state index contributed by atoms with van der Waals surface area (Å²) < 4.78 is 3.34. The van der Waals surface area contributed by atoms with Crippen molar-refractivity contribution in [1.82, 2.24) is 35.2 Å². The maximum absolute atomic E-state index is 3.88. The van der Waals surface area contributed by atoms with Crippen LogP contribution in [0.25, 0.3) is 5.69 Å². The fraction of sp³-hybridized carbons (Fsp3) is 0.182. The number of rotatable bonds is 4. The van der Waals surface area contributed by atoms with Crippen molar-refractivity contribution in [2.45, 2.75) is 6.54 Å². The van der Waals surface area contributed by atoms with Gasteiger partial charge in [-0.25, -0.2) is 4.68 Å². The Balaban J connectivity index is 1.75. The number of tetrazole rings is 1. The predicted octanol–water partition coefficient (Wildman–Crippen LogP) is 0.403. The van der Waals surface area contributed by atoms with Crippen molar-refractivity contribution in [2.75, 3.05) is 5.32 Å². The number of nitrogens with one attached hydrogen (secondary N) is 1. The van der Waals surface area contributed by atoms with Crippen LogP contribution in [0.15, 0.2) is 36.8 Å². The molecule has 0 atom stereocenters. The first-order chi connectivity index (χ1) is 9.33. The molecule has 0 saturated carbocycles. The van der Waals surface area contributed by atoms with Crippen LogP contribution in [0.4, 0.5) is 5.69 Å². The van der Waals surface area contributed by atoms with Gasteiger partial charge in [-0.1, -0.05) is 11.3 Å². The molecule has 0 radical (unpaired) electrons. The Bertz CT molecular complexity index is 657. The third kappa shape index (κ3) is 2.41.